The van der Waals surface area contributed by atoms with E-state index in [2.05, 4.69) is 38.6 Å². The minimum absolute atomic E-state index is 0.250. The molecule has 0 unspecified atom stereocenters. The number of nitrogens with two attached hydrogens (primary N) is 1. The number of guanidine groups is 1. The summed E-state index contributed by atoms with van der Waals surface area (Å²) in [6.07, 6.45) is 2.01. The van der Waals surface area contributed by atoms with E-state index < -0.39 is 5.82 Å². The van der Waals surface area contributed by atoms with Gasteiger partial charge in [-0.2, -0.15) is 0 Å². The van der Waals surface area contributed by atoms with Gasteiger partial charge >= 0.3 is 0 Å². The summed E-state index contributed by atoms with van der Waals surface area (Å²) in [6.45, 7) is 2.73. The van der Waals surface area contributed by atoms with Crippen molar-refractivity contribution in [1.82, 2.24) is 5.43 Å². The molecule has 1 aromatic carbocycles. The van der Waals surface area contributed by atoms with Crippen LogP contribution in [0, 0.1) is 5.82 Å². The Labute approximate surface area is 119 Å². The normalized spacial score (nSPS) is 11.5. The van der Waals surface area contributed by atoms with Crippen molar-refractivity contribution >= 4 is 39.2 Å². The van der Waals surface area contributed by atoms with E-state index in [1.165, 1.54) is 12.1 Å². The van der Waals surface area contributed by atoms with Gasteiger partial charge in [0.1, 0.15) is 5.82 Å². The summed E-state index contributed by atoms with van der Waals surface area (Å²) in [6, 6.07) is 2.53. The number of hydrogen-bond donors (Lipinski definition) is 3. The fourth-order valence-electron chi connectivity index (χ4n) is 1.25. The molecule has 0 radical (unpaired) electrons. The maximum Gasteiger partial charge on any atom is 0.210 e. The number of anilines is 1. The van der Waals surface area contributed by atoms with Crippen LogP contribution in [0.1, 0.15) is 19.8 Å². The quantitative estimate of drug-likeness (QED) is 0.260. The third-order valence-electron chi connectivity index (χ3n) is 2.17. The average molecular weight is 338 g/mol. The van der Waals surface area contributed by atoms with Gasteiger partial charge in [0, 0.05) is 11.0 Å². The molecule has 4 nitrogen and oxygen atoms in total. The summed E-state index contributed by atoms with van der Waals surface area (Å²) in [5.41, 5.74) is 2.96. The van der Waals surface area contributed by atoms with Crippen LogP contribution in [0.2, 0.25) is 5.02 Å². The minimum atomic E-state index is -0.414. The molecular weight excluding hydrogens is 323 g/mol. The molecule has 18 heavy (non-hydrogen) atoms. The van der Waals surface area contributed by atoms with Crippen LogP contribution >= 0.6 is 27.5 Å². The molecule has 1 rings (SSSR count). The van der Waals surface area contributed by atoms with Gasteiger partial charge in [0.05, 0.1) is 10.7 Å². The minimum Gasteiger partial charge on any atom is -0.323 e. The lowest BCUT2D eigenvalue weighted by molar-refractivity contribution is 0.627. The number of hydrazine groups is 1. The van der Waals surface area contributed by atoms with Crippen molar-refractivity contribution in [2.75, 3.05) is 11.9 Å². The molecule has 0 amide bonds. The smallest absolute Gasteiger partial charge is 0.210 e. The van der Waals surface area contributed by atoms with Crippen molar-refractivity contribution in [3.63, 3.8) is 0 Å². The first-order chi connectivity index (χ1) is 8.58. The van der Waals surface area contributed by atoms with E-state index in [-0.39, 0.29) is 5.02 Å². The molecule has 1 aromatic rings. The average Bonchev–Trinajstić information content (AvgIpc) is 2.31. The molecular formula is C11H15BrClFN4. The second-order valence-corrected chi connectivity index (χ2v) is 4.86. The van der Waals surface area contributed by atoms with Crippen LogP contribution in [0.4, 0.5) is 10.1 Å². The number of aliphatic imine (C=N–C) groups is 1. The lowest BCUT2D eigenvalue weighted by Crippen LogP contribution is -2.36. The van der Waals surface area contributed by atoms with Gasteiger partial charge in [-0.3, -0.25) is 10.4 Å². The fourth-order valence-corrected chi connectivity index (χ4v) is 2.15. The molecule has 0 saturated carbocycles. The van der Waals surface area contributed by atoms with E-state index in [1.807, 2.05) is 0 Å². The van der Waals surface area contributed by atoms with E-state index in [4.69, 9.17) is 17.4 Å². The van der Waals surface area contributed by atoms with Gasteiger partial charge in [-0.25, -0.2) is 10.2 Å². The molecule has 0 aliphatic rings. The van der Waals surface area contributed by atoms with E-state index >= 15 is 0 Å². The molecule has 0 heterocycles. The standard InChI is InChI=1S/C11H15BrClFN4/c1-2-3-4-16-11(18-15)17-10-8(12)5-7(14)6-9(10)13/h5-6H,2-4,15H2,1H3,(H2,16,17,18). The van der Waals surface area contributed by atoms with Crippen LogP contribution in [-0.2, 0) is 0 Å². The van der Waals surface area contributed by atoms with Crippen molar-refractivity contribution in [2.24, 2.45) is 10.8 Å². The highest BCUT2D eigenvalue weighted by atomic mass is 79.9. The van der Waals surface area contributed by atoms with Gasteiger partial charge in [-0.15, -0.1) is 0 Å². The first kappa shape index (κ1) is 15.2. The lowest BCUT2D eigenvalue weighted by Gasteiger charge is -2.12. The second kappa shape index (κ2) is 7.56. The molecule has 0 aromatic heterocycles. The number of hydrogen-bond acceptors (Lipinski definition) is 2. The molecule has 0 aliphatic heterocycles. The van der Waals surface area contributed by atoms with Gasteiger partial charge in [0.15, 0.2) is 0 Å². The van der Waals surface area contributed by atoms with Crippen molar-refractivity contribution in [1.29, 1.82) is 0 Å². The van der Waals surface area contributed by atoms with Crippen LogP contribution in [0.3, 0.4) is 0 Å². The summed E-state index contributed by atoms with van der Waals surface area (Å²) in [4.78, 5) is 4.23. The van der Waals surface area contributed by atoms with Crippen molar-refractivity contribution in [3.05, 3.63) is 27.4 Å². The number of halogens is 3. The van der Waals surface area contributed by atoms with Crippen LogP contribution < -0.4 is 16.6 Å². The Morgan fingerprint density at radius 2 is 2.28 bits per heavy atom. The lowest BCUT2D eigenvalue weighted by atomic mass is 10.3. The first-order valence-corrected chi connectivity index (χ1v) is 6.68. The number of nitrogens with zero attached hydrogens (tertiary/aromatic N) is 1. The summed E-state index contributed by atoms with van der Waals surface area (Å²) < 4.78 is 13.6. The predicted molar refractivity (Wildman–Crippen MR) is 77.3 cm³/mol. The topological polar surface area (TPSA) is 62.4 Å². The van der Waals surface area contributed by atoms with Gasteiger partial charge < -0.3 is 5.32 Å². The van der Waals surface area contributed by atoms with E-state index in [1.54, 1.807) is 0 Å². The van der Waals surface area contributed by atoms with Crippen LogP contribution in [-0.4, -0.2) is 12.5 Å². The monoisotopic (exact) mass is 336 g/mol. The maximum atomic E-state index is 13.1. The zero-order valence-corrected chi connectivity index (χ0v) is 12.3. The number of benzene rings is 1. The van der Waals surface area contributed by atoms with Crippen molar-refractivity contribution < 1.29 is 4.39 Å². The largest absolute Gasteiger partial charge is 0.323 e. The van der Waals surface area contributed by atoms with Crippen molar-refractivity contribution in [2.45, 2.75) is 19.8 Å². The molecule has 0 bridgehead atoms. The Morgan fingerprint density at radius 1 is 1.56 bits per heavy atom. The third-order valence-corrected chi connectivity index (χ3v) is 3.09. The van der Waals surface area contributed by atoms with Gasteiger partial charge in [-0.1, -0.05) is 24.9 Å². The Kier molecular flexibility index (Phi) is 6.38. The Bertz CT molecular complexity index is 416. The molecule has 100 valence electrons. The first-order valence-electron chi connectivity index (χ1n) is 5.51. The summed E-state index contributed by atoms with van der Waals surface area (Å²) in [5, 5.41) is 3.17. The van der Waals surface area contributed by atoms with Gasteiger partial charge in [0.2, 0.25) is 5.96 Å². The van der Waals surface area contributed by atoms with Crippen LogP contribution in [0.5, 0.6) is 0 Å². The Hall–Kier alpha value is -0.850. The fraction of sp³-hybridized carbons (Fsp3) is 0.364. The molecule has 4 N–H and O–H groups in total. The Balaban J connectivity index is 2.85. The Morgan fingerprint density at radius 3 is 2.83 bits per heavy atom. The van der Waals surface area contributed by atoms with E-state index in [0.29, 0.717) is 22.7 Å². The highest BCUT2D eigenvalue weighted by molar-refractivity contribution is 9.10. The highest BCUT2D eigenvalue weighted by Gasteiger charge is 2.09. The van der Waals surface area contributed by atoms with Gasteiger partial charge in [-0.05, 0) is 34.5 Å². The van der Waals surface area contributed by atoms with E-state index in [0.717, 1.165) is 12.8 Å². The van der Waals surface area contributed by atoms with Gasteiger partial charge in [0.25, 0.3) is 0 Å². The highest BCUT2D eigenvalue weighted by Crippen LogP contribution is 2.31. The SMILES string of the molecule is CCCCN=C(NN)Nc1c(Cl)cc(F)cc1Br. The third kappa shape index (κ3) is 4.44. The molecule has 0 aliphatic carbocycles. The van der Waals surface area contributed by atoms with Crippen molar-refractivity contribution in [3.8, 4) is 0 Å². The number of unbranched alkanes of at least 4 members (excludes halogenated alkanes) is 1. The second-order valence-electron chi connectivity index (χ2n) is 3.60. The molecule has 0 spiro atoms. The summed E-state index contributed by atoms with van der Waals surface area (Å²) >= 11 is 9.17. The number of rotatable bonds is 4. The number of nitrogens with one attached hydrogen (secondary N) is 2. The zero-order valence-electron chi connectivity index (χ0n) is 9.93. The van der Waals surface area contributed by atoms with E-state index in [9.17, 15) is 4.39 Å². The maximum absolute atomic E-state index is 13.1. The molecule has 0 fully saturated rings. The predicted octanol–water partition coefficient (Wildman–Crippen LogP) is 3.27. The molecule has 0 saturated heterocycles. The molecule has 0 atom stereocenters. The summed E-state index contributed by atoms with van der Waals surface area (Å²) in [5.74, 6) is 5.33. The molecule has 7 heteroatoms. The summed E-state index contributed by atoms with van der Waals surface area (Å²) in [7, 11) is 0. The zero-order chi connectivity index (χ0) is 13.5. The van der Waals surface area contributed by atoms with Crippen LogP contribution in [0.25, 0.3) is 0 Å². The van der Waals surface area contributed by atoms with Crippen LogP contribution in [0.15, 0.2) is 21.6 Å².